The van der Waals surface area contributed by atoms with E-state index in [1.165, 1.54) is 20.2 Å². The predicted octanol–water partition coefficient (Wildman–Crippen LogP) is -1.39. The molecule has 2 aliphatic heterocycles. The molecule has 0 saturated carbocycles. The summed E-state index contributed by atoms with van der Waals surface area (Å²) in [4.78, 5) is 15.4. The Morgan fingerprint density at radius 2 is 1.83 bits per heavy atom. The number of ether oxygens (including phenoxy) is 1. The molecule has 2 heterocycles. The normalized spacial score (nSPS) is 23.5. The lowest BCUT2D eigenvalue weighted by molar-refractivity contribution is -0.999. The van der Waals surface area contributed by atoms with Crippen molar-refractivity contribution in [1.82, 2.24) is 4.31 Å². The number of nitrogens with zero attached hydrogens (tertiary/aromatic N) is 1. The standard InChI is InChI=1S/C20H32N4O4S/c1-3-28-18-8-7-17(21-20(25)16-23-13-11-22(2)12-14-23)15-19(18)29(26,27)24-9-5-4-6-10-24/h7-8,15H,3-6,9-14,16H2,1-2H3,(H,21,25)/p+2. The zero-order valence-electron chi connectivity index (χ0n) is 17.5. The molecule has 3 rings (SSSR count). The van der Waals surface area contributed by atoms with Gasteiger partial charge in [-0.05, 0) is 38.0 Å². The van der Waals surface area contributed by atoms with Crippen molar-refractivity contribution >= 4 is 21.6 Å². The highest BCUT2D eigenvalue weighted by Crippen LogP contribution is 2.31. The number of anilines is 1. The van der Waals surface area contributed by atoms with E-state index in [1.807, 2.05) is 6.92 Å². The molecule has 1 aromatic rings. The van der Waals surface area contributed by atoms with E-state index in [0.717, 1.165) is 45.4 Å². The summed E-state index contributed by atoms with van der Waals surface area (Å²) in [5.41, 5.74) is 0.494. The van der Waals surface area contributed by atoms with Gasteiger partial charge in [0.25, 0.3) is 5.91 Å². The van der Waals surface area contributed by atoms with Gasteiger partial charge in [0.05, 0.1) is 13.7 Å². The molecule has 0 unspecified atom stereocenters. The Morgan fingerprint density at radius 3 is 2.48 bits per heavy atom. The Labute approximate surface area is 173 Å². The van der Waals surface area contributed by atoms with Crippen molar-refractivity contribution in [1.29, 1.82) is 0 Å². The quantitative estimate of drug-likeness (QED) is 0.501. The predicted molar refractivity (Wildman–Crippen MR) is 111 cm³/mol. The van der Waals surface area contributed by atoms with Crippen LogP contribution in [0.3, 0.4) is 0 Å². The maximum Gasteiger partial charge on any atom is 0.279 e. The molecular weight excluding hydrogens is 392 g/mol. The van der Waals surface area contributed by atoms with Crippen LogP contribution >= 0.6 is 0 Å². The van der Waals surface area contributed by atoms with Crippen LogP contribution in [0.5, 0.6) is 5.75 Å². The second kappa shape index (κ2) is 9.88. The smallest absolute Gasteiger partial charge is 0.279 e. The number of piperazine rings is 1. The van der Waals surface area contributed by atoms with Crippen molar-refractivity contribution in [2.24, 2.45) is 0 Å². The third-order valence-corrected chi connectivity index (χ3v) is 7.60. The fourth-order valence-electron chi connectivity index (χ4n) is 3.95. The van der Waals surface area contributed by atoms with Gasteiger partial charge in [0.1, 0.15) is 36.8 Å². The molecular formula is C20H34N4O4S+2. The first-order valence-corrected chi connectivity index (χ1v) is 12.1. The van der Waals surface area contributed by atoms with Gasteiger partial charge in [-0.1, -0.05) is 6.42 Å². The number of hydrogen-bond donors (Lipinski definition) is 3. The third-order valence-electron chi connectivity index (χ3n) is 5.68. The second-order valence-electron chi connectivity index (χ2n) is 7.99. The highest BCUT2D eigenvalue weighted by atomic mass is 32.2. The minimum atomic E-state index is -3.66. The van der Waals surface area contributed by atoms with Crippen molar-refractivity contribution in [3.8, 4) is 5.75 Å². The molecule has 2 fully saturated rings. The number of nitrogens with one attached hydrogen (secondary N) is 3. The van der Waals surface area contributed by atoms with Crippen LogP contribution < -0.4 is 19.9 Å². The van der Waals surface area contributed by atoms with E-state index in [-0.39, 0.29) is 10.8 Å². The average Bonchev–Trinajstić information content (AvgIpc) is 2.71. The molecule has 0 aliphatic carbocycles. The fraction of sp³-hybridized carbons (Fsp3) is 0.650. The molecule has 9 heteroatoms. The Hall–Kier alpha value is -1.68. The highest BCUT2D eigenvalue weighted by Gasteiger charge is 2.30. The number of rotatable bonds is 7. The number of benzene rings is 1. The lowest BCUT2D eigenvalue weighted by atomic mass is 10.2. The van der Waals surface area contributed by atoms with Crippen molar-refractivity contribution in [3.05, 3.63) is 18.2 Å². The largest absolute Gasteiger partial charge is 0.492 e. The van der Waals surface area contributed by atoms with Gasteiger partial charge in [0, 0.05) is 18.8 Å². The SMILES string of the molecule is CCOc1ccc(NC(=O)C[NH+]2CC[NH+](C)CC2)cc1S(=O)(=O)N1CCCCC1. The van der Waals surface area contributed by atoms with Gasteiger partial charge >= 0.3 is 0 Å². The number of amides is 1. The molecule has 3 N–H and O–H groups in total. The molecule has 8 nitrogen and oxygen atoms in total. The van der Waals surface area contributed by atoms with Crippen LogP contribution in [0.4, 0.5) is 5.69 Å². The zero-order chi connectivity index (χ0) is 20.9. The monoisotopic (exact) mass is 426 g/mol. The van der Waals surface area contributed by atoms with Gasteiger partial charge in [0.2, 0.25) is 10.0 Å². The summed E-state index contributed by atoms with van der Waals surface area (Å²) < 4.78 is 33.5. The Morgan fingerprint density at radius 1 is 1.14 bits per heavy atom. The summed E-state index contributed by atoms with van der Waals surface area (Å²) in [6.07, 6.45) is 2.79. The van der Waals surface area contributed by atoms with E-state index in [2.05, 4.69) is 12.4 Å². The molecule has 0 radical (unpaired) electrons. The fourth-order valence-corrected chi connectivity index (χ4v) is 5.62. The number of quaternary nitrogens is 2. The molecule has 29 heavy (non-hydrogen) atoms. The first-order valence-electron chi connectivity index (χ1n) is 10.6. The zero-order valence-corrected chi connectivity index (χ0v) is 18.3. The van der Waals surface area contributed by atoms with E-state index < -0.39 is 10.0 Å². The summed E-state index contributed by atoms with van der Waals surface area (Å²) in [6.45, 7) is 7.71. The number of sulfonamides is 1. The van der Waals surface area contributed by atoms with Gasteiger partial charge in [-0.25, -0.2) is 8.42 Å². The van der Waals surface area contributed by atoms with Crippen molar-refractivity contribution in [3.63, 3.8) is 0 Å². The van der Waals surface area contributed by atoms with E-state index in [0.29, 0.717) is 37.7 Å². The lowest BCUT2D eigenvalue weighted by Crippen LogP contribution is -3.27. The van der Waals surface area contributed by atoms with Crippen LogP contribution in [-0.2, 0) is 14.8 Å². The van der Waals surface area contributed by atoms with Crippen molar-refractivity contribution in [2.75, 3.05) is 64.8 Å². The number of carbonyl (C=O) groups excluding carboxylic acids is 1. The molecule has 2 aliphatic rings. The van der Waals surface area contributed by atoms with E-state index in [9.17, 15) is 13.2 Å². The van der Waals surface area contributed by atoms with Gasteiger partial charge in [-0.15, -0.1) is 0 Å². The highest BCUT2D eigenvalue weighted by molar-refractivity contribution is 7.89. The average molecular weight is 427 g/mol. The Bertz CT molecular complexity index is 801. The maximum absolute atomic E-state index is 13.2. The lowest BCUT2D eigenvalue weighted by Gasteiger charge is -2.27. The Balaban J connectivity index is 1.74. The van der Waals surface area contributed by atoms with E-state index >= 15 is 0 Å². The van der Waals surface area contributed by atoms with Crippen LogP contribution in [0.15, 0.2) is 23.1 Å². The second-order valence-corrected chi connectivity index (χ2v) is 9.90. The van der Waals surface area contributed by atoms with Gasteiger partial charge in [-0.2, -0.15) is 4.31 Å². The van der Waals surface area contributed by atoms with Crippen LogP contribution in [0, 0.1) is 0 Å². The van der Waals surface area contributed by atoms with Gasteiger partial charge in [-0.3, -0.25) is 4.79 Å². The summed E-state index contributed by atoms with van der Waals surface area (Å²) in [5.74, 6) is 0.244. The van der Waals surface area contributed by atoms with Crippen molar-refractivity contribution < 1.29 is 27.7 Å². The molecule has 162 valence electrons. The minimum Gasteiger partial charge on any atom is -0.492 e. The molecule has 2 saturated heterocycles. The minimum absolute atomic E-state index is 0.0926. The topological polar surface area (TPSA) is 84.6 Å². The molecule has 0 atom stereocenters. The summed E-state index contributed by atoms with van der Waals surface area (Å²) in [6, 6.07) is 4.89. The van der Waals surface area contributed by atoms with Gasteiger partial charge < -0.3 is 19.9 Å². The summed E-state index contributed by atoms with van der Waals surface area (Å²) in [7, 11) is -1.49. The molecule has 0 bridgehead atoms. The van der Waals surface area contributed by atoms with Crippen LogP contribution in [0.25, 0.3) is 0 Å². The molecule has 1 amide bonds. The molecule has 1 aromatic carbocycles. The first kappa shape index (κ1) is 22.0. The third kappa shape index (κ3) is 5.69. The maximum atomic E-state index is 13.2. The first-order chi connectivity index (χ1) is 13.9. The van der Waals surface area contributed by atoms with Crippen LogP contribution in [0.2, 0.25) is 0 Å². The number of piperidine rings is 1. The van der Waals surface area contributed by atoms with Crippen molar-refractivity contribution in [2.45, 2.75) is 31.1 Å². The molecule has 0 spiro atoms. The molecule has 0 aromatic heterocycles. The van der Waals surface area contributed by atoms with Crippen LogP contribution in [0.1, 0.15) is 26.2 Å². The Kier molecular flexibility index (Phi) is 7.50. The number of likely N-dealkylation sites (N-methyl/N-ethyl adjacent to an activating group) is 1. The summed E-state index contributed by atoms with van der Waals surface area (Å²) in [5, 5.41) is 2.88. The van der Waals surface area contributed by atoms with Gasteiger partial charge in [0.15, 0.2) is 6.54 Å². The van der Waals surface area contributed by atoms with E-state index in [1.54, 1.807) is 12.1 Å². The van der Waals surface area contributed by atoms with E-state index in [4.69, 9.17) is 4.74 Å². The number of carbonyl (C=O) groups is 1. The number of hydrogen-bond acceptors (Lipinski definition) is 4. The summed E-state index contributed by atoms with van der Waals surface area (Å²) >= 11 is 0. The van der Waals surface area contributed by atoms with Crippen LogP contribution in [-0.4, -0.2) is 78.1 Å².